The third kappa shape index (κ3) is 4.47. The molecule has 3 atom stereocenters. The van der Waals surface area contributed by atoms with Crippen LogP contribution in [0.15, 0.2) is 0 Å². The van der Waals surface area contributed by atoms with Gasteiger partial charge in [-0.05, 0) is 45.2 Å². The molecule has 0 spiro atoms. The molecule has 0 aromatic carbocycles. The lowest BCUT2D eigenvalue weighted by Crippen LogP contribution is -2.53. The molecule has 0 aliphatic carbocycles. The van der Waals surface area contributed by atoms with E-state index in [1.165, 1.54) is 0 Å². The first-order chi connectivity index (χ1) is 8.99. The topological polar surface area (TPSA) is 87.5 Å². The zero-order valence-corrected chi connectivity index (χ0v) is 12.1. The number of carbonyl (C=O) groups excluding carboxylic acids is 2. The predicted molar refractivity (Wildman–Crippen MR) is 74.6 cm³/mol. The Hall–Kier alpha value is -1.14. The molecule has 6 nitrogen and oxygen atoms in total. The number of hydrogen-bond acceptors (Lipinski definition) is 4. The van der Waals surface area contributed by atoms with Crippen LogP contribution >= 0.6 is 0 Å². The minimum atomic E-state index is -0.430. The van der Waals surface area contributed by atoms with Crippen LogP contribution in [0.4, 0.5) is 4.79 Å². The maximum absolute atomic E-state index is 12.0. The molecule has 0 aromatic heterocycles. The number of nitrogens with one attached hydrogen (secondary N) is 2. The molecule has 1 rings (SSSR count). The maximum atomic E-state index is 12.0. The number of hydrogen-bond donors (Lipinski definition) is 3. The molecule has 0 radical (unpaired) electrons. The van der Waals surface area contributed by atoms with Gasteiger partial charge in [-0.25, -0.2) is 4.79 Å². The second kappa shape index (κ2) is 7.45. The van der Waals surface area contributed by atoms with Crippen LogP contribution in [0.1, 0.15) is 27.2 Å². The van der Waals surface area contributed by atoms with Crippen LogP contribution in [0.3, 0.4) is 0 Å². The van der Waals surface area contributed by atoms with E-state index in [4.69, 9.17) is 5.73 Å². The fourth-order valence-corrected chi connectivity index (χ4v) is 2.42. The number of amides is 3. The number of imide groups is 1. The summed E-state index contributed by atoms with van der Waals surface area (Å²) in [5, 5.41) is 4.91. The number of carbonyl (C=O) groups is 2. The molecule has 0 saturated carbocycles. The van der Waals surface area contributed by atoms with Crippen molar-refractivity contribution in [3.05, 3.63) is 0 Å². The zero-order chi connectivity index (χ0) is 14.4. The third-order valence-corrected chi connectivity index (χ3v) is 3.95. The Morgan fingerprint density at radius 1 is 1.47 bits per heavy atom. The number of nitrogens with zero attached hydrogens (tertiary/aromatic N) is 1. The van der Waals surface area contributed by atoms with E-state index in [0.29, 0.717) is 24.9 Å². The van der Waals surface area contributed by atoms with E-state index in [1.807, 2.05) is 13.8 Å². The Balaban J connectivity index is 2.50. The minimum absolute atomic E-state index is 0.253. The van der Waals surface area contributed by atoms with Crippen LogP contribution in [0.25, 0.3) is 0 Å². The van der Waals surface area contributed by atoms with Crippen molar-refractivity contribution in [1.29, 1.82) is 0 Å². The highest BCUT2D eigenvalue weighted by Crippen LogP contribution is 2.23. The highest BCUT2D eigenvalue weighted by molar-refractivity contribution is 5.96. The van der Waals surface area contributed by atoms with E-state index in [9.17, 15) is 9.59 Å². The van der Waals surface area contributed by atoms with Crippen LogP contribution in [-0.2, 0) is 4.79 Å². The zero-order valence-electron chi connectivity index (χ0n) is 12.1. The first kappa shape index (κ1) is 15.9. The van der Waals surface area contributed by atoms with Crippen molar-refractivity contribution in [2.45, 2.75) is 33.2 Å². The Bertz CT molecular complexity index is 322. The molecule has 110 valence electrons. The van der Waals surface area contributed by atoms with Gasteiger partial charge in [-0.15, -0.1) is 0 Å². The summed E-state index contributed by atoms with van der Waals surface area (Å²) >= 11 is 0. The lowest BCUT2D eigenvalue weighted by atomic mass is 9.86. The Labute approximate surface area is 115 Å². The summed E-state index contributed by atoms with van der Waals surface area (Å²) in [6, 6.07) is -0.732. The number of nitrogens with two attached hydrogens (primary N) is 1. The maximum Gasteiger partial charge on any atom is 0.321 e. The van der Waals surface area contributed by atoms with Gasteiger partial charge in [0, 0.05) is 13.1 Å². The summed E-state index contributed by atoms with van der Waals surface area (Å²) in [5.74, 6) is 0.768. The molecule has 1 aliphatic rings. The molecule has 0 bridgehead atoms. The molecule has 19 heavy (non-hydrogen) atoms. The summed E-state index contributed by atoms with van der Waals surface area (Å²) in [7, 11) is 0. The van der Waals surface area contributed by atoms with Crippen LogP contribution < -0.4 is 16.4 Å². The third-order valence-electron chi connectivity index (χ3n) is 3.95. The lowest BCUT2D eigenvalue weighted by Gasteiger charge is -2.39. The SMILES string of the molecule is CCNC(=O)NC(=O)C(C)N1CCC(C)C(CN)C1. The molecule has 4 N–H and O–H groups in total. The number of piperidine rings is 1. The van der Waals surface area contributed by atoms with E-state index in [-0.39, 0.29) is 11.9 Å². The summed E-state index contributed by atoms with van der Waals surface area (Å²) < 4.78 is 0. The standard InChI is InChI=1S/C13H26N4O2/c1-4-15-13(19)16-12(18)10(3)17-6-5-9(2)11(7-14)8-17/h9-11H,4-8,14H2,1-3H3,(H2,15,16,18,19). The van der Waals surface area contributed by atoms with E-state index in [1.54, 1.807) is 0 Å². The van der Waals surface area contributed by atoms with Gasteiger partial charge >= 0.3 is 6.03 Å². The molecule has 1 aliphatic heterocycles. The Morgan fingerprint density at radius 3 is 2.74 bits per heavy atom. The van der Waals surface area contributed by atoms with Crippen molar-refractivity contribution < 1.29 is 9.59 Å². The highest BCUT2D eigenvalue weighted by Gasteiger charge is 2.30. The Kier molecular flexibility index (Phi) is 6.24. The van der Waals surface area contributed by atoms with Gasteiger partial charge in [0.15, 0.2) is 0 Å². The smallest absolute Gasteiger partial charge is 0.321 e. The van der Waals surface area contributed by atoms with Gasteiger partial charge in [-0.2, -0.15) is 0 Å². The summed E-state index contributed by atoms with van der Waals surface area (Å²) in [6.07, 6.45) is 1.04. The molecular weight excluding hydrogens is 244 g/mol. The molecular formula is C13H26N4O2. The number of urea groups is 1. The van der Waals surface area contributed by atoms with Gasteiger partial charge in [-0.1, -0.05) is 6.92 Å². The van der Waals surface area contributed by atoms with Crippen molar-refractivity contribution in [2.24, 2.45) is 17.6 Å². The monoisotopic (exact) mass is 270 g/mol. The quantitative estimate of drug-likeness (QED) is 0.678. The molecule has 1 heterocycles. The molecule has 3 unspecified atom stereocenters. The van der Waals surface area contributed by atoms with E-state index in [2.05, 4.69) is 22.5 Å². The highest BCUT2D eigenvalue weighted by atomic mass is 16.2. The van der Waals surface area contributed by atoms with E-state index >= 15 is 0 Å². The van der Waals surface area contributed by atoms with E-state index in [0.717, 1.165) is 19.5 Å². The fourth-order valence-electron chi connectivity index (χ4n) is 2.42. The van der Waals surface area contributed by atoms with Crippen molar-refractivity contribution in [1.82, 2.24) is 15.5 Å². The van der Waals surface area contributed by atoms with Crippen molar-refractivity contribution in [2.75, 3.05) is 26.2 Å². The number of likely N-dealkylation sites (tertiary alicyclic amines) is 1. The van der Waals surface area contributed by atoms with Gasteiger partial charge in [0.2, 0.25) is 5.91 Å². The first-order valence-corrected chi connectivity index (χ1v) is 7.02. The summed E-state index contributed by atoms with van der Waals surface area (Å²) in [5.41, 5.74) is 5.76. The lowest BCUT2D eigenvalue weighted by molar-refractivity contribution is -0.125. The molecule has 3 amide bonds. The molecule has 1 saturated heterocycles. The Morgan fingerprint density at radius 2 is 2.16 bits per heavy atom. The predicted octanol–water partition coefficient (Wildman–Crippen LogP) is 0.137. The average molecular weight is 270 g/mol. The van der Waals surface area contributed by atoms with Crippen molar-refractivity contribution in [3.63, 3.8) is 0 Å². The van der Waals surface area contributed by atoms with Crippen LogP contribution in [-0.4, -0.2) is 49.1 Å². The summed E-state index contributed by atoms with van der Waals surface area (Å²) in [6.45, 7) is 8.69. The van der Waals surface area contributed by atoms with Gasteiger partial charge in [0.1, 0.15) is 0 Å². The fraction of sp³-hybridized carbons (Fsp3) is 0.846. The van der Waals surface area contributed by atoms with Gasteiger partial charge < -0.3 is 11.1 Å². The van der Waals surface area contributed by atoms with Crippen LogP contribution in [0.5, 0.6) is 0 Å². The van der Waals surface area contributed by atoms with Gasteiger partial charge in [0.05, 0.1) is 6.04 Å². The first-order valence-electron chi connectivity index (χ1n) is 7.02. The molecule has 1 fully saturated rings. The minimum Gasteiger partial charge on any atom is -0.338 e. The van der Waals surface area contributed by atoms with Crippen molar-refractivity contribution >= 4 is 11.9 Å². The van der Waals surface area contributed by atoms with E-state index < -0.39 is 6.03 Å². The number of rotatable bonds is 4. The summed E-state index contributed by atoms with van der Waals surface area (Å²) in [4.78, 5) is 25.4. The van der Waals surface area contributed by atoms with Gasteiger partial charge in [-0.3, -0.25) is 15.0 Å². The molecule has 6 heteroatoms. The second-order valence-electron chi connectivity index (χ2n) is 5.28. The normalized spacial score (nSPS) is 25.7. The second-order valence-corrected chi connectivity index (χ2v) is 5.28. The van der Waals surface area contributed by atoms with Gasteiger partial charge in [0.25, 0.3) is 0 Å². The van der Waals surface area contributed by atoms with Crippen LogP contribution in [0.2, 0.25) is 0 Å². The average Bonchev–Trinajstić information content (AvgIpc) is 2.38. The molecule has 0 aromatic rings. The van der Waals surface area contributed by atoms with Crippen LogP contribution in [0, 0.1) is 11.8 Å². The largest absolute Gasteiger partial charge is 0.338 e. The van der Waals surface area contributed by atoms with Crippen molar-refractivity contribution in [3.8, 4) is 0 Å².